The van der Waals surface area contributed by atoms with Gasteiger partial charge in [-0.15, -0.1) is 39.5 Å². The number of ether oxygens (including phenoxy) is 3. The number of rotatable bonds is 15. The van der Waals surface area contributed by atoms with Crippen LogP contribution in [0.25, 0.3) is 0 Å². The zero-order valence-corrected chi connectivity index (χ0v) is 24.6. The molecule has 59 heavy (non-hydrogen) atoms. The molecule has 0 amide bonds. The van der Waals surface area contributed by atoms with Gasteiger partial charge in [-0.25, -0.2) is 18.6 Å². The molecule has 0 aliphatic carbocycles. The van der Waals surface area contributed by atoms with Crippen molar-refractivity contribution >= 4 is 0 Å². The third kappa shape index (κ3) is 7.84. The van der Waals surface area contributed by atoms with Gasteiger partial charge >= 0.3 is 108 Å². The summed E-state index contributed by atoms with van der Waals surface area (Å²) < 4.78 is 517. The molecule has 0 aromatic rings. The van der Waals surface area contributed by atoms with E-state index in [1.165, 1.54) is 0 Å². The maximum atomic E-state index is 15.9. The average molecular weight is 986 g/mol. The van der Waals surface area contributed by atoms with Crippen LogP contribution in [0.5, 0.6) is 0 Å². The Labute approximate surface area is 291 Å². The van der Waals surface area contributed by atoms with E-state index in [4.69, 9.17) is 0 Å². The van der Waals surface area contributed by atoms with Gasteiger partial charge in [-0.3, -0.25) is 0 Å². The molecule has 0 fully saturated rings. The minimum absolute atomic E-state index is 0.708. The van der Waals surface area contributed by atoms with E-state index in [0.29, 0.717) is 14.2 Å². The van der Waals surface area contributed by atoms with Gasteiger partial charge in [0, 0.05) is 0 Å². The Kier molecular flexibility index (Phi) is 13.2. The number of hydrogen-bond donors (Lipinski definition) is 0. The molecule has 0 aliphatic heterocycles. The Morgan fingerprint density at radius 1 is 0.169 bits per heavy atom. The highest BCUT2D eigenvalue weighted by Gasteiger charge is 3.04. The number of hydrogen-bond acceptors (Lipinski definition) is 3. The summed E-state index contributed by atoms with van der Waals surface area (Å²) in [6.07, 6.45) is -43.8. The maximum Gasteiger partial charge on any atom is 0.526 e. The molecular weight excluding hydrogens is 986 g/mol. The molecule has 0 N–H and O–H groups in total. The fraction of sp³-hybridized carbons (Fsp3) is 1.00. The zero-order valence-electron chi connectivity index (χ0n) is 24.6. The predicted octanol–water partition coefficient (Wildman–Crippen LogP) is 12.1. The van der Waals surface area contributed by atoms with Crippen molar-refractivity contribution in [1.29, 1.82) is 0 Å². The van der Waals surface area contributed by atoms with Gasteiger partial charge in [0.05, 0.1) is 0 Å². The van der Waals surface area contributed by atoms with Gasteiger partial charge in [-0.1, -0.05) is 0 Å². The van der Waals surface area contributed by atoms with Crippen molar-refractivity contribution in [2.75, 3.05) is 0 Å². The first kappa shape index (κ1) is 56.2. The van der Waals surface area contributed by atoms with Crippen LogP contribution >= 0.6 is 0 Å². The summed E-state index contributed by atoms with van der Waals surface area (Å²) in [6.45, 7) is 0. The Morgan fingerprint density at radius 3 is 0.441 bits per heavy atom. The van der Waals surface area contributed by atoms with Crippen LogP contribution in [0.2, 0.25) is 0 Å². The molecule has 41 heteroatoms. The van der Waals surface area contributed by atoms with E-state index < -0.39 is 108 Å². The molecule has 1 unspecified atom stereocenters. The lowest BCUT2D eigenvalue weighted by molar-refractivity contribution is -0.630. The topological polar surface area (TPSA) is 27.7 Å². The summed E-state index contributed by atoms with van der Waals surface area (Å²) in [4.78, 5) is 0. The lowest BCUT2D eigenvalue weighted by atomic mass is 9.75. The standard InChI is InChI=1S/C18F38O3/c19-1(3(22,23)5(26,27)9(34,35)11(38,39)13(42,43)44,15(57-16(48,49)50,58-17(51,52)53)59-18(54,55)56)2(20,21)4(24,25)6(28,29)7(30,31)8(32,33)10(36,37)12(40,41)14(45,46)47. The summed E-state index contributed by atoms with van der Waals surface area (Å²) >= 11 is 0. The van der Waals surface area contributed by atoms with Gasteiger partial charge in [0.25, 0.3) is 0 Å². The predicted molar refractivity (Wildman–Crippen MR) is 94.5 cm³/mol. The summed E-state index contributed by atoms with van der Waals surface area (Å²) in [7, 11) is 0. The molecule has 0 rings (SSSR count). The summed E-state index contributed by atoms with van der Waals surface area (Å²) in [5.74, 6) is -124. The number of alkyl halides is 38. The van der Waals surface area contributed by atoms with Crippen LogP contribution in [0, 0.1) is 0 Å². The quantitative estimate of drug-likeness (QED) is 0.121. The average Bonchev–Trinajstić information content (AvgIpc) is 2.91. The molecule has 3 nitrogen and oxygen atoms in total. The van der Waals surface area contributed by atoms with Gasteiger partial charge in [-0.2, -0.15) is 123 Å². The molecule has 356 valence electrons. The van der Waals surface area contributed by atoms with E-state index >= 15 is 13.2 Å². The normalized spacial score (nSPS) is 18.0. The molecule has 0 aromatic heterocycles. The molecule has 0 aliphatic rings. The lowest BCUT2D eigenvalue weighted by Crippen LogP contribution is -2.86. The minimum atomic E-state index is -11.4. The van der Waals surface area contributed by atoms with Crippen molar-refractivity contribution in [1.82, 2.24) is 0 Å². The van der Waals surface area contributed by atoms with E-state index in [1.807, 2.05) is 0 Å². The van der Waals surface area contributed by atoms with Crippen LogP contribution in [-0.2, 0) is 14.2 Å². The van der Waals surface area contributed by atoms with Crippen molar-refractivity contribution in [2.24, 2.45) is 0 Å². The van der Waals surface area contributed by atoms with Gasteiger partial charge in [0.2, 0.25) is 0 Å². The molecule has 0 saturated carbocycles. The Morgan fingerprint density at radius 2 is 0.305 bits per heavy atom. The van der Waals surface area contributed by atoms with Crippen LogP contribution in [0.1, 0.15) is 0 Å². The van der Waals surface area contributed by atoms with E-state index in [-0.39, 0.29) is 0 Å². The van der Waals surface area contributed by atoms with Crippen LogP contribution in [0.4, 0.5) is 167 Å². The van der Waals surface area contributed by atoms with Crippen LogP contribution < -0.4 is 0 Å². The van der Waals surface area contributed by atoms with Crippen molar-refractivity contribution in [3.8, 4) is 0 Å². The smallest absolute Gasteiger partial charge is 0.230 e. The SMILES string of the molecule is FC(F)(F)OC(OC(F)(F)F)(OC(F)(F)F)C(F)(C(F)(F)C(F)(F)C(F)(F)C(F)(F)C(F)(F)F)C(F)(F)C(F)(F)C(F)(F)C(F)(F)C(F)(F)C(F)(F)C(F)(F)C(F)(F)F. The van der Waals surface area contributed by atoms with Crippen LogP contribution in [-0.4, -0.2) is 108 Å². The Balaban J connectivity index is 9.52. The minimum Gasteiger partial charge on any atom is -0.230 e. The highest BCUT2D eigenvalue weighted by molar-refractivity contribution is 5.26. The van der Waals surface area contributed by atoms with Crippen molar-refractivity contribution in [3.63, 3.8) is 0 Å². The first-order chi connectivity index (χ1) is 24.6. The first-order valence-corrected chi connectivity index (χ1v) is 11.9. The van der Waals surface area contributed by atoms with Crippen LogP contribution in [0.3, 0.4) is 0 Å². The third-order valence-electron chi connectivity index (χ3n) is 6.30. The van der Waals surface area contributed by atoms with E-state index in [9.17, 15) is 154 Å². The second-order valence-electron chi connectivity index (χ2n) is 10.2. The molecule has 0 heterocycles. The van der Waals surface area contributed by atoms with E-state index in [2.05, 4.69) is 0 Å². The first-order valence-electron chi connectivity index (χ1n) is 11.9. The fourth-order valence-corrected chi connectivity index (χ4v) is 3.48. The van der Waals surface area contributed by atoms with E-state index in [0.717, 1.165) is 0 Å². The Hall–Kier alpha value is -2.78. The third-order valence-corrected chi connectivity index (χ3v) is 6.30. The number of halogens is 38. The monoisotopic (exact) mass is 986 g/mol. The molecule has 0 bridgehead atoms. The van der Waals surface area contributed by atoms with Gasteiger partial charge in [0.1, 0.15) is 0 Å². The summed E-state index contributed by atoms with van der Waals surface area (Å²) in [6, 6.07) is 0. The highest BCUT2D eigenvalue weighted by atomic mass is 19.5. The van der Waals surface area contributed by atoms with Gasteiger partial charge in [0.15, 0.2) is 0 Å². The second kappa shape index (κ2) is 13.9. The summed E-state index contributed by atoms with van der Waals surface area (Å²) in [5.41, 5.74) is -11.4. The largest absolute Gasteiger partial charge is 0.526 e. The van der Waals surface area contributed by atoms with Crippen molar-refractivity contribution in [2.45, 2.75) is 108 Å². The molecular formula is C18F38O3. The van der Waals surface area contributed by atoms with Gasteiger partial charge < -0.3 is 0 Å². The molecule has 1 atom stereocenters. The molecule has 0 radical (unpaired) electrons. The van der Waals surface area contributed by atoms with Gasteiger partial charge in [-0.05, 0) is 0 Å². The highest BCUT2D eigenvalue weighted by Crippen LogP contribution is 2.72. The van der Waals surface area contributed by atoms with E-state index in [1.54, 1.807) is 0 Å². The zero-order chi connectivity index (χ0) is 49.1. The molecule has 0 spiro atoms. The lowest BCUT2D eigenvalue weighted by Gasteiger charge is -2.53. The Bertz CT molecular complexity index is 1440. The maximum absolute atomic E-state index is 15.9. The van der Waals surface area contributed by atoms with Crippen molar-refractivity contribution < 1.29 is 181 Å². The fourth-order valence-electron chi connectivity index (χ4n) is 3.48. The molecule has 0 aromatic carbocycles. The van der Waals surface area contributed by atoms with Crippen molar-refractivity contribution in [3.05, 3.63) is 0 Å². The van der Waals surface area contributed by atoms with Crippen LogP contribution in [0.15, 0.2) is 0 Å². The summed E-state index contributed by atoms with van der Waals surface area (Å²) in [5, 5.41) is 0. The second-order valence-corrected chi connectivity index (χ2v) is 10.2. The molecule has 0 saturated heterocycles.